The Morgan fingerprint density at radius 1 is 1.32 bits per heavy atom. The fourth-order valence-corrected chi connectivity index (χ4v) is 2.98. The number of hydrogen-bond acceptors (Lipinski definition) is 3. The third kappa shape index (κ3) is 2.66. The molecule has 5 nitrogen and oxygen atoms in total. The summed E-state index contributed by atoms with van der Waals surface area (Å²) in [5.74, 6) is -1.49. The number of fused-ring (bicyclic) bond motifs is 1. The van der Waals surface area contributed by atoms with Gasteiger partial charge in [-0.15, -0.1) is 0 Å². The first kappa shape index (κ1) is 14.5. The molecule has 2 heterocycles. The van der Waals surface area contributed by atoms with Crippen LogP contribution < -0.4 is 0 Å². The number of aryl methyl sites for hydroxylation is 1. The van der Waals surface area contributed by atoms with Gasteiger partial charge in [0, 0.05) is 18.5 Å². The van der Waals surface area contributed by atoms with Gasteiger partial charge in [0.2, 0.25) is 0 Å². The number of aromatic nitrogens is 1. The summed E-state index contributed by atoms with van der Waals surface area (Å²) in [6.07, 6.45) is 1.35. The van der Waals surface area contributed by atoms with Crippen LogP contribution in [-0.4, -0.2) is 40.0 Å². The Hall–Kier alpha value is -2.43. The molecule has 1 aromatic carbocycles. The highest BCUT2D eigenvalue weighted by molar-refractivity contribution is 5.96. The normalized spacial score (nSPS) is 18.4. The third-order valence-corrected chi connectivity index (χ3v) is 4.20. The van der Waals surface area contributed by atoms with Crippen molar-refractivity contribution >= 4 is 22.8 Å². The lowest BCUT2D eigenvalue weighted by Gasteiger charge is -2.30. The van der Waals surface area contributed by atoms with E-state index < -0.39 is 11.9 Å². The fourth-order valence-electron chi connectivity index (χ4n) is 2.98. The van der Waals surface area contributed by atoms with Gasteiger partial charge >= 0.3 is 5.97 Å². The number of hydrogen-bond donors (Lipinski definition) is 1. The van der Waals surface area contributed by atoms with Gasteiger partial charge in [0.05, 0.1) is 11.4 Å². The second kappa shape index (κ2) is 5.75. The Bertz CT molecular complexity index is 742. The highest BCUT2D eigenvalue weighted by Gasteiger charge is 2.29. The van der Waals surface area contributed by atoms with Crippen molar-refractivity contribution in [3.8, 4) is 0 Å². The number of piperidine rings is 1. The molecule has 1 aliphatic rings. The number of benzene rings is 1. The topological polar surface area (TPSA) is 70.5 Å². The molecule has 22 heavy (non-hydrogen) atoms. The van der Waals surface area contributed by atoms with E-state index in [1.165, 1.54) is 0 Å². The molecule has 0 saturated carbocycles. The van der Waals surface area contributed by atoms with Crippen LogP contribution in [0.25, 0.3) is 10.9 Å². The SMILES string of the molecule is Cc1cc(C(=O)N2CCC[C@H](C(=O)O)C2)nc2ccccc12. The molecule has 0 aliphatic carbocycles. The minimum atomic E-state index is -0.833. The van der Waals surface area contributed by atoms with Crippen molar-refractivity contribution in [3.05, 3.63) is 41.6 Å². The van der Waals surface area contributed by atoms with E-state index in [1.54, 1.807) is 11.0 Å². The number of rotatable bonds is 2. The maximum atomic E-state index is 12.6. The fraction of sp³-hybridized carbons (Fsp3) is 0.353. The number of aliphatic carboxylic acids is 1. The summed E-state index contributed by atoms with van der Waals surface area (Å²) < 4.78 is 0. The van der Waals surface area contributed by atoms with Gasteiger partial charge in [-0.3, -0.25) is 9.59 Å². The Labute approximate surface area is 128 Å². The van der Waals surface area contributed by atoms with E-state index in [0.29, 0.717) is 18.7 Å². The molecule has 0 spiro atoms. The number of nitrogens with zero attached hydrogens (tertiary/aromatic N) is 2. The van der Waals surface area contributed by atoms with Crippen LogP contribution in [0.4, 0.5) is 0 Å². The summed E-state index contributed by atoms with van der Waals surface area (Å²) in [5.41, 5.74) is 2.18. The van der Waals surface area contributed by atoms with E-state index in [1.807, 2.05) is 31.2 Å². The second-order valence-corrected chi connectivity index (χ2v) is 5.77. The summed E-state index contributed by atoms with van der Waals surface area (Å²) in [6, 6.07) is 9.49. The molecule has 1 saturated heterocycles. The molecule has 5 heteroatoms. The van der Waals surface area contributed by atoms with Crippen LogP contribution in [0.1, 0.15) is 28.9 Å². The molecule has 1 atom stereocenters. The zero-order chi connectivity index (χ0) is 15.7. The van der Waals surface area contributed by atoms with Crippen molar-refractivity contribution in [3.63, 3.8) is 0 Å². The molecule has 114 valence electrons. The lowest BCUT2D eigenvalue weighted by Crippen LogP contribution is -2.42. The molecule has 1 amide bonds. The number of carboxylic acids is 1. The average molecular weight is 298 g/mol. The van der Waals surface area contributed by atoms with Crippen molar-refractivity contribution < 1.29 is 14.7 Å². The van der Waals surface area contributed by atoms with Crippen LogP contribution in [-0.2, 0) is 4.79 Å². The molecule has 0 unspecified atom stereocenters. The van der Waals surface area contributed by atoms with Crippen molar-refractivity contribution in [1.29, 1.82) is 0 Å². The molecule has 0 radical (unpaired) electrons. The van der Waals surface area contributed by atoms with Crippen LogP contribution >= 0.6 is 0 Å². The number of pyridine rings is 1. The van der Waals surface area contributed by atoms with Crippen LogP contribution in [0, 0.1) is 12.8 Å². The predicted molar refractivity (Wildman–Crippen MR) is 82.7 cm³/mol. The zero-order valence-corrected chi connectivity index (χ0v) is 12.5. The van der Waals surface area contributed by atoms with Gasteiger partial charge in [-0.1, -0.05) is 18.2 Å². The number of likely N-dealkylation sites (tertiary alicyclic amines) is 1. The third-order valence-electron chi connectivity index (χ3n) is 4.20. The first-order valence-corrected chi connectivity index (χ1v) is 7.45. The standard InChI is InChI=1S/C17H18N2O3/c1-11-9-15(18-14-7-3-2-6-13(11)14)16(20)19-8-4-5-12(10-19)17(21)22/h2-3,6-7,9,12H,4-5,8,10H2,1H3,(H,21,22)/t12-/m0/s1. The van der Waals surface area contributed by atoms with Gasteiger partial charge in [-0.25, -0.2) is 4.98 Å². The number of carboxylic acid groups (broad SMARTS) is 1. The molecule has 3 rings (SSSR count). The van der Waals surface area contributed by atoms with Crippen molar-refractivity contribution in [2.75, 3.05) is 13.1 Å². The van der Waals surface area contributed by atoms with Crippen LogP contribution in [0.2, 0.25) is 0 Å². The molecule has 2 aromatic rings. The van der Waals surface area contributed by atoms with Crippen molar-refractivity contribution in [1.82, 2.24) is 9.88 Å². The van der Waals surface area contributed by atoms with Gasteiger partial charge in [-0.2, -0.15) is 0 Å². The van der Waals surface area contributed by atoms with Crippen LogP contribution in [0.5, 0.6) is 0 Å². The zero-order valence-electron chi connectivity index (χ0n) is 12.5. The number of amides is 1. The average Bonchev–Trinajstić information content (AvgIpc) is 2.54. The Balaban J connectivity index is 1.90. The Morgan fingerprint density at radius 2 is 2.09 bits per heavy atom. The number of para-hydroxylation sites is 1. The molecular formula is C17H18N2O3. The number of carbonyl (C=O) groups is 2. The van der Waals surface area contributed by atoms with E-state index in [9.17, 15) is 9.59 Å². The van der Waals surface area contributed by atoms with E-state index in [0.717, 1.165) is 22.9 Å². The summed E-state index contributed by atoms with van der Waals surface area (Å²) in [4.78, 5) is 29.8. The maximum absolute atomic E-state index is 12.6. The quantitative estimate of drug-likeness (QED) is 0.924. The van der Waals surface area contributed by atoms with Crippen LogP contribution in [0.3, 0.4) is 0 Å². The van der Waals surface area contributed by atoms with Gasteiger partial charge in [0.1, 0.15) is 5.69 Å². The van der Waals surface area contributed by atoms with E-state index in [4.69, 9.17) is 5.11 Å². The molecule has 1 aliphatic heterocycles. The monoisotopic (exact) mass is 298 g/mol. The van der Waals surface area contributed by atoms with Crippen molar-refractivity contribution in [2.24, 2.45) is 5.92 Å². The minimum Gasteiger partial charge on any atom is -0.481 e. The maximum Gasteiger partial charge on any atom is 0.308 e. The molecule has 1 N–H and O–H groups in total. The molecule has 1 fully saturated rings. The van der Waals surface area contributed by atoms with Gasteiger partial charge in [-0.05, 0) is 37.5 Å². The lowest BCUT2D eigenvalue weighted by molar-refractivity contribution is -0.143. The second-order valence-electron chi connectivity index (χ2n) is 5.77. The number of carbonyl (C=O) groups excluding carboxylic acids is 1. The minimum absolute atomic E-state index is 0.181. The first-order valence-electron chi connectivity index (χ1n) is 7.45. The van der Waals surface area contributed by atoms with E-state index in [-0.39, 0.29) is 12.5 Å². The summed E-state index contributed by atoms with van der Waals surface area (Å²) >= 11 is 0. The summed E-state index contributed by atoms with van der Waals surface area (Å²) in [7, 11) is 0. The predicted octanol–water partition coefficient (Wildman–Crippen LogP) is 2.48. The Morgan fingerprint density at radius 3 is 2.86 bits per heavy atom. The highest BCUT2D eigenvalue weighted by Crippen LogP contribution is 2.21. The van der Waals surface area contributed by atoms with Crippen molar-refractivity contribution in [2.45, 2.75) is 19.8 Å². The van der Waals surface area contributed by atoms with Gasteiger partial charge < -0.3 is 10.0 Å². The molecular weight excluding hydrogens is 280 g/mol. The van der Waals surface area contributed by atoms with Crippen LogP contribution in [0.15, 0.2) is 30.3 Å². The summed E-state index contributed by atoms with van der Waals surface area (Å²) in [5, 5.41) is 10.2. The van der Waals surface area contributed by atoms with E-state index in [2.05, 4.69) is 4.98 Å². The van der Waals surface area contributed by atoms with E-state index >= 15 is 0 Å². The van der Waals surface area contributed by atoms with Gasteiger partial charge in [0.25, 0.3) is 5.91 Å². The summed E-state index contributed by atoms with van der Waals surface area (Å²) in [6.45, 7) is 2.81. The smallest absolute Gasteiger partial charge is 0.308 e. The largest absolute Gasteiger partial charge is 0.481 e. The Kier molecular flexibility index (Phi) is 3.79. The highest BCUT2D eigenvalue weighted by atomic mass is 16.4. The molecule has 0 bridgehead atoms. The lowest BCUT2D eigenvalue weighted by atomic mass is 9.98. The first-order chi connectivity index (χ1) is 10.6. The molecule has 1 aromatic heterocycles. The van der Waals surface area contributed by atoms with Gasteiger partial charge in [0.15, 0.2) is 0 Å².